The van der Waals surface area contributed by atoms with Crippen molar-refractivity contribution in [1.29, 1.82) is 0 Å². The van der Waals surface area contributed by atoms with Crippen molar-refractivity contribution < 1.29 is 0 Å². The van der Waals surface area contributed by atoms with Gasteiger partial charge in [0, 0.05) is 15.6 Å². The third kappa shape index (κ3) is 1.77. The highest BCUT2D eigenvalue weighted by Gasteiger charge is 2.10. The van der Waals surface area contributed by atoms with Crippen molar-refractivity contribution in [3.63, 3.8) is 0 Å². The molecular formula is C11H12BrN3. The maximum Gasteiger partial charge on any atom is 0.126 e. The summed E-state index contributed by atoms with van der Waals surface area (Å²) in [5.74, 6) is 0.598. The largest absolute Gasteiger partial charge is 0.384 e. The van der Waals surface area contributed by atoms with Gasteiger partial charge in [-0.3, -0.25) is 5.10 Å². The molecule has 0 aliphatic heterocycles. The molecule has 15 heavy (non-hydrogen) atoms. The number of anilines is 1. The van der Waals surface area contributed by atoms with Gasteiger partial charge in [-0.1, -0.05) is 17.7 Å². The van der Waals surface area contributed by atoms with Crippen LogP contribution in [0.5, 0.6) is 0 Å². The monoisotopic (exact) mass is 265 g/mol. The molecule has 0 bridgehead atoms. The number of nitrogen functional groups attached to an aromatic ring is 1. The Morgan fingerprint density at radius 3 is 2.60 bits per heavy atom. The van der Waals surface area contributed by atoms with E-state index in [0.29, 0.717) is 5.82 Å². The topological polar surface area (TPSA) is 54.7 Å². The second-order valence-electron chi connectivity index (χ2n) is 3.64. The quantitative estimate of drug-likeness (QED) is 0.833. The number of aromatic nitrogens is 2. The van der Waals surface area contributed by atoms with E-state index in [-0.39, 0.29) is 0 Å². The maximum atomic E-state index is 5.80. The van der Waals surface area contributed by atoms with E-state index in [0.717, 1.165) is 15.6 Å². The Kier molecular flexibility index (Phi) is 2.52. The summed E-state index contributed by atoms with van der Waals surface area (Å²) < 4.78 is 1.07. The number of halogens is 1. The molecule has 0 saturated carbocycles. The summed E-state index contributed by atoms with van der Waals surface area (Å²) in [6.07, 6.45) is 1.74. The smallest absolute Gasteiger partial charge is 0.126 e. The lowest BCUT2D eigenvalue weighted by Crippen LogP contribution is -1.90. The van der Waals surface area contributed by atoms with E-state index in [1.807, 2.05) is 0 Å². The Morgan fingerprint density at radius 1 is 1.27 bits per heavy atom. The van der Waals surface area contributed by atoms with Gasteiger partial charge in [-0.2, -0.15) is 5.10 Å². The molecule has 0 aliphatic carbocycles. The van der Waals surface area contributed by atoms with Crippen LogP contribution in [-0.4, -0.2) is 10.2 Å². The lowest BCUT2D eigenvalue weighted by molar-refractivity contribution is 1.10. The van der Waals surface area contributed by atoms with E-state index in [9.17, 15) is 0 Å². The molecular weight excluding hydrogens is 254 g/mol. The molecule has 0 atom stereocenters. The third-order valence-electron chi connectivity index (χ3n) is 2.36. The normalized spacial score (nSPS) is 10.6. The molecule has 0 aliphatic rings. The number of hydrogen-bond donors (Lipinski definition) is 2. The van der Waals surface area contributed by atoms with Gasteiger partial charge in [0.05, 0.1) is 6.20 Å². The molecule has 3 nitrogen and oxygen atoms in total. The zero-order chi connectivity index (χ0) is 11.0. The number of aromatic amines is 1. The van der Waals surface area contributed by atoms with E-state index in [4.69, 9.17) is 5.73 Å². The minimum atomic E-state index is 0.598. The lowest BCUT2D eigenvalue weighted by Gasteiger charge is -2.08. The van der Waals surface area contributed by atoms with Gasteiger partial charge in [0.25, 0.3) is 0 Å². The predicted molar refractivity (Wildman–Crippen MR) is 65.6 cm³/mol. The second kappa shape index (κ2) is 3.70. The summed E-state index contributed by atoms with van der Waals surface area (Å²) in [7, 11) is 0. The number of hydrogen-bond acceptors (Lipinski definition) is 2. The first-order valence-electron chi connectivity index (χ1n) is 4.65. The Labute approximate surface area is 96.8 Å². The predicted octanol–water partition coefficient (Wildman–Crippen LogP) is 3.04. The molecule has 0 amide bonds. The van der Waals surface area contributed by atoms with Crippen molar-refractivity contribution in [2.24, 2.45) is 0 Å². The Balaban J connectivity index is 2.68. The average molecular weight is 266 g/mol. The van der Waals surface area contributed by atoms with Crippen molar-refractivity contribution in [2.45, 2.75) is 13.8 Å². The van der Waals surface area contributed by atoms with E-state index in [2.05, 4.69) is 52.1 Å². The number of nitrogens with two attached hydrogens (primary N) is 1. The lowest BCUT2D eigenvalue weighted by atomic mass is 10.0. The molecule has 1 aromatic carbocycles. The first-order valence-corrected chi connectivity index (χ1v) is 5.45. The molecule has 3 N–H and O–H groups in total. The van der Waals surface area contributed by atoms with Crippen LogP contribution < -0.4 is 5.73 Å². The number of aryl methyl sites for hydroxylation is 2. The van der Waals surface area contributed by atoms with Crippen LogP contribution in [0.15, 0.2) is 22.8 Å². The summed E-state index contributed by atoms with van der Waals surface area (Å²) in [6.45, 7) is 4.13. The Hall–Kier alpha value is -1.29. The minimum Gasteiger partial charge on any atom is -0.384 e. The van der Waals surface area contributed by atoms with Crippen LogP contribution in [0.2, 0.25) is 0 Å². The molecule has 2 aromatic rings. The van der Waals surface area contributed by atoms with E-state index >= 15 is 0 Å². The van der Waals surface area contributed by atoms with Gasteiger partial charge in [0.1, 0.15) is 5.82 Å². The van der Waals surface area contributed by atoms with Gasteiger partial charge >= 0.3 is 0 Å². The zero-order valence-electron chi connectivity index (χ0n) is 8.63. The SMILES string of the molecule is Cc1cc(C)c(Br)c(-c2cn[nH]c2N)c1. The summed E-state index contributed by atoms with van der Waals surface area (Å²) >= 11 is 3.57. The molecule has 0 fully saturated rings. The fourth-order valence-corrected chi connectivity index (χ4v) is 2.10. The number of nitrogens with zero attached hydrogens (tertiary/aromatic N) is 1. The minimum absolute atomic E-state index is 0.598. The zero-order valence-corrected chi connectivity index (χ0v) is 10.2. The van der Waals surface area contributed by atoms with Crippen LogP contribution in [0.3, 0.4) is 0 Å². The molecule has 0 unspecified atom stereocenters. The summed E-state index contributed by atoms with van der Waals surface area (Å²) in [5, 5.41) is 6.67. The molecule has 1 heterocycles. The van der Waals surface area contributed by atoms with Crippen LogP contribution in [0.1, 0.15) is 11.1 Å². The first kappa shape index (κ1) is 10.2. The van der Waals surface area contributed by atoms with Gasteiger partial charge in [0.2, 0.25) is 0 Å². The van der Waals surface area contributed by atoms with Crippen molar-refractivity contribution >= 4 is 21.7 Å². The molecule has 1 aromatic heterocycles. The second-order valence-corrected chi connectivity index (χ2v) is 4.43. The van der Waals surface area contributed by atoms with Crippen molar-refractivity contribution in [1.82, 2.24) is 10.2 Å². The van der Waals surface area contributed by atoms with Crippen molar-refractivity contribution in [3.8, 4) is 11.1 Å². The molecule has 0 radical (unpaired) electrons. The fraction of sp³-hybridized carbons (Fsp3) is 0.182. The van der Waals surface area contributed by atoms with Gasteiger partial charge in [-0.05, 0) is 35.3 Å². The van der Waals surface area contributed by atoms with E-state index < -0.39 is 0 Å². The Morgan fingerprint density at radius 2 is 2.00 bits per heavy atom. The van der Waals surface area contributed by atoms with E-state index in [1.54, 1.807) is 6.20 Å². The summed E-state index contributed by atoms with van der Waals surface area (Å²) in [5.41, 5.74) is 10.2. The standard InChI is InChI=1S/C11H12BrN3/c1-6-3-7(2)10(12)8(4-6)9-5-14-15-11(9)13/h3-5H,1-2H3,(H3,13,14,15). The fourth-order valence-electron chi connectivity index (χ4n) is 1.66. The number of rotatable bonds is 1. The maximum absolute atomic E-state index is 5.80. The molecule has 78 valence electrons. The van der Waals surface area contributed by atoms with Crippen LogP contribution in [0, 0.1) is 13.8 Å². The van der Waals surface area contributed by atoms with Gasteiger partial charge in [-0.25, -0.2) is 0 Å². The number of benzene rings is 1. The number of nitrogens with one attached hydrogen (secondary N) is 1. The van der Waals surface area contributed by atoms with E-state index in [1.165, 1.54) is 11.1 Å². The summed E-state index contributed by atoms with van der Waals surface area (Å²) in [4.78, 5) is 0. The molecule has 0 saturated heterocycles. The van der Waals surface area contributed by atoms with Crippen LogP contribution in [-0.2, 0) is 0 Å². The van der Waals surface area contributed by atoms with Crippen molar-refractivity contribution in [3.05, 3.63) is 33.9 Å². The number of H-pyrrole nitrogens is 1. The highest BCUT2D eigenvalue weighted by molar-refractivity contribution is 9.10. The van der Waals surface area contributed by atoms with Crippen LogP contribution in [0.25, 0.3) is 11.1 Å². The van der Waals surface area contributed by atoms with Gasteiger partial charge < -0.3 is 5.73 Å². The van der Waals surface area contributed by atoms with Gasteiger partial charge in [0.15, 0.2) is 0 Å². The molecule has 0 spiro atoms. The van der Waals surface area contributed by atoms with Crippen LogP contribution >= 0.6 is 15.9 Å². The highest BCUT2D eigenvalue weighted by Crippen LogP contribution is 2.34. The first-order chi connectivity index (χ1) is 7.09. The highest BCUT2D eigenvalue weighted by atomic mass is 79.9. The Bertz CT molecular complexity index is 503. The van der Waals surface area contributed by atoms with Gasteiger partial charge in [-0.15, -0.1) is 0 Å². The average Bonchev–Trinajstić information content (AvgIpc) is 2.58. The molecule has 4 heteroatoms. The van der Waals surface area contributed by atoms with Crippen molar-refractivity contribution in [2.75, 3.05) is 5.73 Å². The van der Waals surface area contributed by atoms with Crippen LogP contribution in [0.4, 0.5) is 5.82 Å². The summed E-state index contributed by atoms with van der Waals surface area (Å²) in [6, 6.07) is 4.22. The molecule has 2 rings (SSSR count). The third-order valence-corrected chi connectivity index (χ3v) is 3.41.